The molecule has 1 N–H and O–H groups in total. The first kappa shape index (κ1) is 26.2. The monoisotopic (exact) mass is 454 g/mol. The minimum atomic E-state index is -0.505. The molecule has 6 heteroatoms. The molecule has 33 heavy (non-hydrogen) atoms. The van der Waals surface area contributed by atoms with Crippen molar-refractivity contribution in [2.45, 2.75) is 65.5 Å². The Balaban J connectivity index is 2.03. The molecule has 0 aliphatic rings. The van der Waals surface area contributed by atoms with Crippen molar-refractivity contribution < 1.29 is 19.1 Å². The van der Waals surface area contributed by atoms with Crippen molar-refractivity contribution in [2.75, 3.05) is 20.3 Å². The predicted octanol–water partition coefficient (Wildman–Crippen LogP) is 4.89. The Hall–Kier alpha value is -3.02. The second kappa shape index (κ2) is 14.2. The molecule has 0 spiro atoms. The molecule has 1 atom stereocenters. The molecule has 2 amide bonds. The van der Waals surface area contributed by atoms with E-state index < -0.39 is 6.04 Å². The minimum Gasteiger partial charge on any atom is -0.497 e. The predicted molar refractivity (Wildman–Crippen MR) is 131 cm³/mol. The van der Waals surface area contributed by atoms with Crippen LogP contribution in [0.2, 0.25) is 0 Å². The minimum absolute atomic E-state index is 0.0455. The van der Waals surface area contributed by atoms with Gasteiger partial charge in [0.05, 0.1) is 13.7 Å². The van der Waals surface area contributed by atoms with E-state index >= 15 is 0 Å². The largest absolute Gasteiger partial charge is 0.497 e. The summed E-state index contributed by atoms with van der Waals surface area (Å²) in [4.78, 5) is 27.8. The number of unbranched alkanes of at least 4 members (excludes halogenated alkanes) is 1. The molecule has 0 saturated carbocycles. The quantitative estimate of drug-likeness (QED) is 0.413. The van der Waals surface area contributed by atoms with Gasteiger partial charge in [-0.1, -0.05) is 50.1 Å². The van der Waals surface area contributed by atoms with Crippen molar-refractivity contribution in [1.29, 1.82) is 0 Å². The normalized spacial score (nSPS) is 11.5. The summed E-state index contributed by atoms with van der Waals surface area (Å²) in [5, 5.41) is 2.99. The lowest BCUT2D eigenvalue weighted by Crippen LogP contribution is -2.49. The number of carbonyl (C=O) groups excluding carboxylic acids is 2. The number of rotatable bonds is 14. The first-order valence-electron chi connectivity index (χ1n) is 11.9. The fourth-order valence-electron chi connectivity index (χ4n) is 3.54. The van der Waals surface area contributed by atoms with Crippen LogP contribution in [-0.2, 0) is 16.1 Å². The van der Waals surface area contributed by atoms with Crippen molar-refractivity contribution in [3.05, 3.63) is 59.7 Å². The van der Waals surface area contributed by atoms with E-state index in [1.165, 1.54) is 5.56 Å². The number of amides is 2. The van der Waals surface area contributed by atoms with Crippen LogP contribution >= 0.6 is 0 Å². The van der Waals surface area contributed by atoms with Crippen LogP contribution < -0.4 is 14.8 Å². The molecule has 0 bridgehead atoms. The molecular weight excluding hydrogens is 416 g/mol. The number of nitrogens with one attached hydrogen (secondary N) is 1. The second-order valence-corrected chi connectivity index (χ2v) is 8.20. The maximum Gasteiger partial charge on any atom is 0.242 e. The Morgan fingerprint density at radius 3 is 2.24 bits per heavy atom. The standard InChI is InChI=1S/C27H38N2O4/c1-5-7-18-28-27(31)25(6-2)29(20-22-12-16-23(32-4)17-13-22)26(30)9-8-19-33-24-14-10-21(3)11-15-24/h10-17,25H,5-9,18-20H2,1-4H3,(H,28,31)/t25-/m1/s1. The number of methoxy groups -OCH3 is 1. The van der Waals surface area contributed by atoms with Crippen LogP contribution in [0.4, 0.5) is 0 Å². The van der Waals surface area contributed by atoms with Crippen LogP contribution in [0.15, 0.2) is 48.5 Å². The Morgan fingerprint density at radius 1 is 0.970 bits per heavy atom. The molecule has 0 heterocycles. The fourth-order valence-corrected chi connectivity index (χ4v) is 3.54. The molecule has 0 aliphatic carbocycles. The molecule has 0 fully saturated rings. The van der Waals surface area contributed by atoms with E-state index in [4.69, 9.17) is 9.47 Å². The van der Waals surface area contributed by atoms with E-state index in [0.717, 1.165) is 29.9 Å². The second-order valence-electron chi connectivity index (χ2n) is 8.20. The SMILES string of the molecule is CCCCNC(=O)[C@@H](CC)N(Cc1ccc(OC)cc1)C(=O)CCCOc1ccc(C)cc1. The summed E-state index contributed by atoms with van der Waals surface area (Å²) < 4.78 is 11.0. The third-order valence-corrected chi connectivity index (χ3v) is 5.55. The molecule has 6 nitrogen and oxygen atoms in total. The summed E-state index contributed by atoms with van der Waals surface area (Å²) >= 11 is 0. The summed E-state index contributed by atoms with van der Waals surface area (Å²) in [5.41, 5.74) is 2.13. The number of nitrogens with zero attached hydrogens (tertiary/aromatic N) is 1. The van der Waals surface area contributed by atoms with E-state index in [2.05, 4.69) is 12.2 Å². The first-order chi connectivity index (χ1) is 16.0. The zero-order valence-electron chi connectivity index (χ0n) is 20.4. The number of carbonyl (C=O) groups is 2. The third-order valence-electron chi connectivity index (χ3n) is 5.55. The summed E-state index contributed by atoms with van der Waals surface area (Å²) in [6, 6.07) is 15.0. The van der Waals surface area contributed by atoms with E-state index in [9.17, 15) is 9.59 Å². The highest BCUT2D eigenvalue weighted by Crippen LogP contribution is 2.18. The van der Waals surface area contributed by atoms with Gasteiger partial charge in [0.25, 0.3) is 0 Å². The molecular formula is C27H38N2O4. The summed E-state index contributed by atoms with van der Waals surface area (Å²) in [5.74, 6) is 1.42. The Bertz CT molecular complexity index is 849. The average molecular weight is 455 g/mol. The first-order valence-corrected chi connectivity index (χ1v) is 11.9. The van der Waals surface area contributed by atoms with Gasteiger partial charge in [-0.25, -0.2) is 0 Å². The van der Waals surface area contributed by atoms with Gasteiger partial charge in [-0.3, -0.25) is 9.59 Å². The molecule has 2 aromatic rings. The zero-order valence-corrected chi connectivity index (χ0v) is 20.4. The van der Waals surface area contributed by atoms with Gasteiger partial charge in [0.15, 0.2) is 0 Å². The molecule has 0 saturated heterocycles. The van der Waals surface area contributed by atoms with Crippen LogP contribution in [-0.4, -0.2) is 43.0 Å². The van der Waals surface area contributed by atoms with E-state index in [-0.39, 0.29) is 11.8 Å². The molecule has 0 aromatic heterocycles. The maximum atomic E-state index is 13.2. The van der Waals surface area contributed by atoms with Crippen molar-refractivity contribution in [3.63, 3.8) is 0 Å². The van der Waals surface area contributed by atoms with E-state index in [0.29, 0.717) is 39.0 Å². The zero-order chi connectivity index (χ0) is 24.1. The van der Waals surface area contributed by atoms with Crippen LogP contribution in [0.3, 0.4) is 0 Å². The smallest absolute Gasteiger partial charge is 0.242 e. The van der Waals surface area contributed by atoms with Gasteiger partial charge in [0.2, 0.25) is 11.8 Å². The Labute approximate surface area is 198 Å². The van der Waals surface area contributed by atoms with Crippen LogP contribution in [0.25, 0.3) is 0 Å². The van der Waals surface area contributed by atoms with Gasteiger partial charge in [-0.05, 0) is 56.0 Å². The fraction of sp³-hybridized carbons (Fsp3) is 0.481. The number of hydrogen-bond acceptors (Lipinski definition) is 4. The van der Waals surface area contributed by atoms with Crippen LogP contribution in [0.5, 0.6) is 11.5 Å². The number of ether oxygens (including phenoxy) is 2. The highest BCUT2D eigenvalue weighted by Gasteiger charge is 2.28. The Morgan fingerprint density at radius 2 is 1.64 bits per heavy atom. The van der Waals surface area contributed by atoms with Gasteiger partial charge in [0.1, 0.15) is 17.5 Å². The highest BCUT2D eigenvalue weighted by molar-refractivity contribution is 5.87. The third kappa shape index (κ3) is 8.79. The Kier molecular flexibility index (Phi) is 11.3. The highest BCUT2D eigenvalue weighted by atomic mass is 16.5. The molecule has 0 radical (unpaired) electrons. The summed E-state index contributed by atoms with van der Waals surface area (Å²) in [6.45, 7) is 7.51. The van der Waals surface area contributed by atoms with Gasteiger partial charge in [-0.15, -0.1) is 0 Å². The molecule has 180 valence electrons. The van der Waals surface area contributed by atoms with Gasteiger partial charge in [0, 0.05) is 19.5 Å². The van der Waals surface area contributed by atoms with Crippen molar-refractivity contribution in [3.8, 4) is 11.5 Å². The lowest BCUT2D eigenvalue weighted by Gasteiger charge is -2.31. The maximum absolute atomic E-state index is 13.2. The van der Waals surface area contributed by atoms with Gasteiger partial charge >= 0.3 is 0 Å². The lowest BCUT2D eigenvalue weighted by molar-refractivity contribution is -0.141. The molecule has 2 aromatic carbocycles. The van der Waals surface area contributed by atoms with Crippen molar-refractivity contribution >= 4 is 11.8 Å². The number of benzene rings is 2. The van der Waals surface area contributed by atoms with Crippen molar-refractivity contribution in [2.24, 2.45) is 0 Å². The van der Waals surface area contributed by atoms with Crippen molar-refractivity contribution in [1.82, 2.24) is 10.2 Å². The van der Waals surface area contributed by atoms with Gasteiger partial charge in [-0.2, -0.15) is 0 Å². The number of aryl methyl sites for hydroxylation is 1. The van der Waals surface area contributed by atoms with Gasteiger partial charge < -0.3 is 19.7 Å². The summed E-state index contributed by atoms with van der Waals surface area (Å²) in [7, 11) is 1.62. The summed E-state index contributed by atoms with van der Waals surface area (Å²) in [6.07, 6.45) is 3.39. The number of hydrogen-bond donors (Lipinski definition) is 1. The molecule has 2 rings (SSSR count). The average Bonchev–Trinajstić information content (AvgIpc) is 2.83. The van der Waals surface area contributed by atoms with Crippen LogP contribution in [0, 0.1) is 6.92 Å². The molecule has 0 unspecified atom stereocenters. The van der Waals surface area contributed by atoms with E-state index in [1.54, 1.807) is 12.0 Å². The topological polar surface area (TPSA) is 67.9 Å². The molecule has 0 aliphatic heterocycles. The van der Waals surface area contributed by atoms with Crippen LogP contribution in [0.1, 0.15) is 57.1 Å². The van der Waals surface area contributed by atoms with E-state index in [1.807, 2.05) is 62.4 Å². The lowest BCUT2D eigenvalue weighted by atomic mass is 10.1.